The van der Waals surface area contributed by atoms with Crippen LogP contribution in [0, 0.1) is 0 Å². The molecule has 0 amide bonds. The number of hydrogen-bond donors (Lipinski definition) is 0. The van der Waals surface area contributed by atoms with E-state index in [9.17, 15) is 0 Å². The van der Waals surface area contributed by atoms with Crippen LogP contribution in [0.4, 0.5) is 0 Å². The van der Waals surface area contributed by atoms with Crippen molar-refractivity contribution in [1.82, 2.24) is 0 Å². The maximum atomic E-state index is 9.08. The Hall–Kier alpha value is 2.53. The Morgan fingerprint density at radius 3 is 0.545 bits per heavy atom. The van der Waals surface area contributed by atoms with Crippen molar-refractivity contribution in [1.29, 1.82) is 0 Å². The molecule has 0 rings (SSSR count). The first-order chi connectivity index (χ1) is 3.25. The monoisotopic (exact) mass is 744 g/mol. The van der Waals surface area contributed by atoms with Gasteiger partial charge in [-0.05, 0) is 0 Å². The Kier molecular flexibility index (Phi) is 16.8. The van der Waals surface area contributed by atoms with E-state index in [1.807, 2.05) is 0 Å². The van der Waals surface area contributed by atoms with Gasteiger partial charge in [0, 0.05) is 0 Å². The van der Waals surface area contributed by atoms with Crippen molar-refractivity contribution < 1.29 is 30.6 Å². The summed E-state index contributed by atoms with van der Waals surface area (Å²) >= 11 is 0. The van der Waals surface area contributed by atoms with Crippen molar-refractivity contribution in [3.05, 3.63) is 0 Å². The summed E-state index contributed by atoms with van der Waals surface area (Å²) in [5, 5.41) is 54.5. The number of hydrogen-bond acceptors (Lipinski definition) is 6. The normalized spacial score (nSPS) is 10.4. The van der Waals surface area contributed by atoms with Crippen molar-refractivity contribution in [2.75, 3.05) is 0 Å². The molecular formula is C2O6Pb3. The van der Waals surface area contributed by atoms with Crippen molar-refractivity contribution in [3.8, 4) is 0 Å². The van der Waals surface area contributed by atoms with Gasteiger partial charge < -0.3 is 42.6 Å². The van der Waals surface area contributed by atoms with Crippen LogP contribution in [0.3, 0.4) is 0 Å². The van der Waals surface area contributed by atoms with E-state index in [0.717, 1.165) is 0 Å². The van der Waals surface area contributed by atoms with Crippen LogP contribution in [0.2, 0.25) is 0 Å². The second-order valence-corrected chi connectivity index (χ2v) is 1.11. The average molecular weight is 742 g/mol. The molecule has 0 aromatic carbocycles. The van der Waals surface area contributed by atoms with Gasteiger partial charge in [-0.1, -0.05) is 0 Å². The molecule has 0 aromatic rings. The van der Waals surface area contributed by atoms with Crippen LogP contribution < -0.4 is 30.6 Å². The fourth-order valence-corrected chi connectivity index (χ4v) is 0. The predicted molar refractivity (Wildman–Crippen MR) is 22.7 cm³/mol. The molecule has 56 valence electrons. The van der Waals surface area contributed by atoms with Crippen LogP contribution in [-0.2, 0) is 0 Å². The molecule has 0 unspecified atom stereocenters. The third-order valence-corrected chi connectivity index (χ3v) is 0.375. The van der Waals surface area contributed by atoms with E-state index in [1.165, 1.54) is 0 Å². The topological polar surface area (TPSA) is 138 Å². The Balaban J connectivity index is -0.0000000817. The molecule has 0 aromatic heterocycles. The zero-order valence-corrected chi connectivity index (χ0v) is 16.6. The van der Waals surface area contributed by atoms with Crippen LogP contribution in [0.25, 0.3) is 0 Å². The predicted octanol–water partition coefficient (Wildman–Crippen LogP) is -8.69. The van der Waals surface area contributed by atoms with E-state index < -0.39 is 11.9 Å². The third kappa shape index (κ3) is 10.4. The molecule has 6 nitrogen and oxygen atoms in total. The zero-order valence-electron chi connectivity index (χ0n) is 4.95. The van der Waals surface area contributed by atoms with Gasteiger partial charge in [0.1, 0.15) is 0 Å². The van der Waals surface area contributed by atoms with Gasteiger partial charge >= 0.3 is 81.9 Å². The summed E-state index contributed by atoms with van der Waals surface area (Å²) in [6.45, 7) is 0. The van der Waals surface area contributed by atoms with Gasteiger partial charge in [0.15, 0.2) is 0 Å². The van der Waals surface area contributed by atoms with Gasteiger partial charge in [0.05, 0.1) is 0 Å². The van der Waals surface area contributed by atoms with Crippen molar-refractivity contribution in [3.63, 3.8) is 0 Å². The van der Waals surface area contributed by atoms with Crippen molar-refractivity contribution in [2.24, 2.45) is 0 Å². The molecule has 0 bridgehead atoms. The summed E-state index contributed by atoms with van der Waals surface area (Å²) in [7, 11) is 0. The average Bonchev–Trinajstić information content (AvgIpc) is 1.25. The molecule has 0 aliphatic carbocycles. The van der Waals surface area contributed by atoms with E-state index >= 15 is 0 Å². The molecule has 0 N–H and O–H groups in total. The molecule has 11 heavy (non-hydrogen) atoms. The summed E-state index contributed by atoms with van der Waals surface area (Å²) in [6.07, 6.45) is 0. The van der Waals surface area contributed by atoms with Crippen LogP contribution in [0.15, 0.2) is 0 Å². The minimum absolute atomic E-state index is 0. The van der Waals surface area contributed by atoms with Gasteiger partial charge in [0.25, 0.3) is 0 Å². The van der Waals surface area contributed by atoms with Crippen LogP contribution >= 0.6 is 0 Å². The SMILES string of the molecule is [O-]C([O-])([O-])C([O-])([O-])[O-].[Pb+2].[Pb+2].[Pb+2]. The molecule has 0 fully saturated rings. The van der Waals surface area contributed by atoms with Gasteiger partial charge in [-0.2, -0.15) is 0 Å². The summed E-state index contributed by atoms with van der Waals surface area (Å²) in [4.78, 5) is 0. The van der Waals surface area contributed by atoms with Crippen molar-refractivity contribution >= 4 is 81.9 Å². The summed E-state index contributed by atoms with van der Waals surface area (Å²) < 4.78 is 0. The molecule has 0 atom stereocenters. The molecule has 9 heteroatoms. The Morgan fingerprint density at radius 1 is 0.455 bits per heavy atom. The summed E-state index contributed by atoms with van der Waals surface area (Å²) in [5.41, 5.74) is 0. The molecule has 0 saturated carbocycles. The van der Waals surface area contributed by atoms with E-state index in [4.69, 9.17) is 30.6 Å². The van der Waals surface area contributed by atoms with Gasteiger partial charge in [-0.3, -0.25) is 0 Å². The smallest absolute Gasteiger partial charge is 0.879 e. The molecule has 0 aliphatic rings. The molecule has 6 radical (unpaired) electrons. The maximum Gasteiger partial charge on any atom is 2.00 e. The van der Waals surface area contributed by atoms with Crippen LogP contribution in [-0.4, -0.2) is 93.8 Å². The Bertz CT molecular complexity index is 70.8. The fourth-order valence-electron chi connectivity index (χ4n) is 0. The third-order valence-electron chi connectivity index (χ3n) is 0.375. The summed E-state index contributed by atoms with van der Waals surface area (Å²) in [5.74, 6) is -9.96. The van der Waals surface area contributed by atoms with Crippen molar-refractivity contribution in [2.45, 2.75) is 11.9 Å². The summed E-state index contributed by atoms with van der Waals surface area (Å²) in [6, 6.07) is 0. The number of rotatable bonds is 1. The van der Waals surface area contributed by atoms with Gasteiger partial charge in [-0.25, -0.2) is 0 Å². The van der Waals surface area contributed by atoms with E-state index in [2.05, 4.69) is 0 Å². The van der Waals surface area contributed by atoms with Gasteiger partial charge in [-0.15, -0.1) is 0 Å². The fraction of sp³-hybridized carbons (Fsp3) is 1.00. The maximum absolute atomic E-state index is 9.08. The first kappa shape index (κ1) is 23.4. The molecule has 0 aliphatic heterocycles. The Morgan fingerprint density at radius 2 is 0.545 bits per heavy atom. The zero-order chi connectivity index (χ0) is 7.00. The molecule has 0 spiro atoms. The first-order valence-electron chi connectivity index (χ1n) is 1.47. The molecule has 0 heterocycles. The minimum Gasteiger partial charge on any atom is -0.879 e. The largest absolute Gasteiger partial charge is 2.00 e. The first-order valence-corrected chi connectivity index (χ1v) is 1.47. The van der Waals surface area contributed by atoms with E-state index in [1.54, 1.807) is 0 Å². The molecule has 0 saturated heterocycles. The van der Waals surface area contributed by atoms with E-state index in [-0.39, 0.29) is 81.9 Å². The standard InChI is InChI=1S/C2O6.3Pb/c3-1(4,5)2(6,7)8;;;/q-6;3*+2. The van der Waals surface area contributed by atoms with Crippen LogP contribution in [0.1, 0.15) is 0 Å². The minimum atomic E-state index is -4.98. The second kappa shape index (κ2) is 7.89. The van der Waals surface area contributed by atoms with Crippen LogP contribution in [0.5, 0.6) is 0 Å². The quantitative estimate of drug-likeness (QED) is 0.194. The van der Waals surface area contributed by atoms with E-state index in [0.29, 0.717) is 0 Å². The second-order valence-electron chi connectivity index (χ2n) is 1.11. The van der Waals surface area contributed by atoms with Gasteiger partial charge in [0.2, 0.25) is 0 Å². The molecular weight excluding hydrogens is 742 g/mol. The Labute approximate surface area is 123 Å².